The molecule has 1 atom stereocenters. The van der Waals surface area contributed by atoms with Gasteiger partial charge in [0.25, 0.3) is 0 Å². The molecule has 1 heterocycles. The van der Waals surface area contributed by atoms with Crippen molar-refractivity contribution in [2.24, 2.45) is 5.92 Å². The van der Waals surface area contributed by atoms with Gasteiger partial charge in [-0.05, 0) is 25.0 Å². The van der Waals surface area contributed by atoms with Crippen LogP contribution in [-0.4, -0.2) is 24.3 Å². The molecule has 1 saturated heterocycles. The summed E-state index contributed by atoms with van der Waals surface area (Å²) in [6.07, 6.45) is 0. The Balaban J connectivity index is 2.34. The zero-order chi connectivity index (χ0) is 11.7. The summed E-state index contributed by atoms with van der Waals surface area (Å²) in [6, 6.07) is 5.93. The summed E-state index contributed by atoms with van der Waals surface area (Å²) in [5.41, 5.74) is 3.14. The number of aliphatic carboxylic acids is 1. The SMILES string of the molecule is Cc1ccc(C(C(=O)O)C2COC2)c(C)c1. The molecule has 2 rings (SSSR count). The van der Waals surface area contributed by atoms with Crippen LogP contribution in [0, 0.1) is 19.8 Å². The first-order valence-electron chi connectivity index (χ1n) is 5.47. The van der Waals surface area contributed by atoms with Crippen LogP contribution in [0.5, 0.6) is 0 Å². The van der Waals surface area contributed by atoms with Crippen LogP contribution >= 0.6 is 0 Å². The molecular formula is C13H16O3. The Hall–Kier alpha value is -1.35. The van der Waals surface area contributed by atoms with Crippen molar-refractivity contribution in [2.75, 3.05) is 13.2 Å². The molecule has 0 saturated carbocycles. The van der Waals surface area contributed by atoms with Gasteiger partial charge in [-0.15, -0.1) is 0 Å². The Labute approximate surface area is 95.0 Å². The predicted molar refractivity (Wildman–Crippen MR) is 60.6 cm³/mol. The Morgan fingerprint density at radius 3 is 2.56 bits per heavy atom. The number of ether oxygens (including phenoxy) is 1. The third-order valence-electron chi connectivity index (χ3n) is 3.16. The molecule has 0 bridgehead atoms. The summed E-state index contributed by atoms with van der Waals surface area (Å²) >= 11 is 0. The van der Waals surface area contributed by atoms with E-state index in [9.17, 15) is 9.90 Å². The van der Waals surface area contributed by atoms with Crippen molar-refractivity contribution in [3.05, 3.63) is 34.9 Å². The highest BCUT2D eigenvalue weighted by molar-refractivity contribution is 5.77. The van der Waals surface area contributed by atoms with E-state index in [-0.39, 0.29) is 5.92 Å². The van der Waals surface area contributed by atoms with Gasteiger partial charge in [-0.1, -0.05) is 23.8 Å². The van der Waals surface area contributed by atoms with Crippen LogP contribution in [0.1, 0.15) is 22.6 Å². The lowest BCUT2D eigenvalue weighted by Gasteiger charge is -2.32. The average Bonchev–Trinajstić information content (AvgIpc) is 2.11. The van der Waals surface area contributed by atoms with Crippen LogP contribution < -0.4 is 0 Å². The first kappa shape index (κ1) is 11.1. The van der Waals surface area contributed by atoms with Gasteiger partial charge in [0.2, 0.25) is 0 Å². The number of benzene rings is 1. The van der Waals surface area contributed by atoms with Gasteiger partial charge >= 0.3 is 5.97 Å². The lowest BCUT2D eigenvalue weighted by Crippen LogP contribution is -2.37. The number of carboxylic acids is 1. The normalized spacial score (nSPS) is 17.9. The fourth-order valence-corrected chi connectivity index (χ4v) is 2.21. The maximum atomic E-state index is 11.3. The van der Waals surface area contributed by atoms with Crippen molar-refractivity contribution < 1.29 is 14.6 Å². The molecule has 3 nitrogen and oxygen atoms in total. The topological polar surface area (TPSA) is 46.5 Å². The molecule has 3 heteroatoms. The van der Waals surface area contributed by atoms with E-state index in [1.54, 1.807) is 0 Å². The molecular weight excluding hydrogens is 204 g/mol. The van der Waals surface area contributed by atoms with E-state index in [0.717, 1.165) is 16.7 Å². The van der Waals surface area contributed by atoms with Crippen LogP contribution in [0.25, 0.3) is 0 Å². The van der Waals surface area contributed by atoms with Crippen LogP contribution in [0.15, 0.2) is 18.2 Å². The zero-order valence-corrected chi connectivity index (χ0v) is 9.56. The average molecular weight is 220 g/mol. The monoisotopic (exact) mass is 220 g/mol. The van der Waals surface area contributed by atoms with E-state index in [2.05, 4.69) is 0 Å². The van der Waals surface area contributed by atoms with Gasteiger partial charge in [-0.2, -0.15) is 0 Å². The number of carbonyl (C=O) groups is 1. The molecule has 0 aromatic heterocycles. The minimum atomic E-state index is -0.750. The first-order chi connectivity index (χ1) is 7.59. The van der Waals surface area contributed by atoms with Gasteiger partial charge in [0.05, 0.1) is 19.1 Å². The number of aryl methyl sites for hydroxylation is 2. The minimum absolute atomic E-state index is 0.124. The largest absolute Gasteiger partial charge is 0.481 e. The summed E-state index contributed by atoms with van der Waals surface area (Å²) in [5, 5.41) is 9.30. The highest BCUT2D eigenvalue weighted by Gasteiger charge is 2.35. The molecule has 1 N–H and O–H groups in total. The van der Waals surface area contributed by atoms with Crippen LogP contribution in [0.4, 0.5) is 0 Å². The lowest BCUT2D eigenvalue weighted by molar-refractivity contribution is -0.146. The molecule has 0 amide bonds. The highest BCUT2D eigenvalue weighted by atomic mass is 16.5. The van der Waals surface area contributed by atoms with Gasteiger partial charge in [0.1, 0.15) is 0 Å². The summed E-state index contributed by atoms with van der Waals surface area (Å²) in [4.78, 5) is 11.3. The Morgan fingerprint density at radius 2 is 2.12 bits per heavy atom. The van der Waals surface area contributed by atoms with Crippen molar-refractivity contribution in [3.63, 3.8) is 0 Å². The number of carboxylic acid groups (broad SMARTS) is 1. The van der Waals surface area contributed by atoms with Gasteiger partial charge in [0, 0.05) is 5.92 Å². The maximum absolute atomic E-state index is 11.3. The van der Waals surface area contributed by atoms with E-state index in [0.29, 0.717) is 13.2 Å². The van der Waals surface area contributed by atoms with Crippen LogP contribution in [-0.2, 0) is 9.53 Å². The smallest absolute Gasteiger partial charge is 0.311 e. The van der Waals surface area contributed by atoms with E-state index >= 15 is 0 Å². The van der Waals surface area contributed by atoms with Gasteiger partial charge in [0.15, 0.2) is 0 Å². The second-order valence-corrected chi connectivity index (χ2v) is 4.47. The van der Waals surface area contributed by atoms with E-state index in [1.165, 1.54) is 0 Å². The van der Waals surface area contributed by atoms with Gasteiger partial charge in [-0.25, -0.2) is 0 Å². The molecule has 1 aromatic carbocycles. The third-order valence-corrected chi connectivity index (χ3v) is 3.16. The first-order valence-corrected chi connectivity index (χ1v) is 5.47. The number of hydrogen-bond donors (Lipinski definition) is 1. The van der Waals surface area contributed by atoms with Crippen LogP contribution in [0.3, 0.4) is 0 Å². The molecule has 1 aliphatic rings. The molecule has 0 aliphatic carbocycles. The van der Waals surface area contributed by atoms with Crippen molar-refractivity contribution >= 4 is 5.97 Å². The van der Waals surface area contributed by atoms with Crippen molar-refractivity contribution in [3.8, 4) is 0 Å². The van der Waals surface area contributed by atoms with E-state index < -0.39 is 11.9 Å². The highest BCUT2D eigenvalue weighted by Crippen LogP contribution is 2.32. The summed E-state index contributed by atoms with van der Waals surface area (Å²) < 4.78 is 5.09. The van der Waals surface area contributed by atoms with Gasteiger partial charge < -0.3 is 9.84 Å². The third kappa shape index (κ3) is 1.95. The Bertz CT molecular complexity index is 408. The Morgan fingerprint density at radius 1 is 1.44 bits per heavy atom. The molecule has 1 aromatic rings. The quantitative estimate of drug-likeness (QED) is 0.848. The second-order valence-electron chi connectivity index (χ2n) is 4.47. The molecule has 0 spiro atoms. The standard InChI is InChI=1S/C13H16O3/c1-8-3-4-11(9(2)5-8)12(13(14)15)10-6-16-7-10/h3-5,10,12H,6-7H2,1-2H3,(H,14,15). The maximum Gasteiger partial charge on any atom is 0.311 e. The summed E-state index contributed by atoms with van der Waals surface area (Å²) in [6.45, 7) is 5.10. The summed E-state index contributed by atoms with van der Waals surface area (Å²) in [7, 11) is 0. The molecule has 86 valence electrons. The van der Waals surface area contributed by atoms with Crippen molar-refractivity contribution in [2.45, 2.75) is 19.8 Å². The molecule has 1 fully saturated rings. The molecule has 1 aliphatic heterocycles. The van der Waals surface area contributed by atoms with Crippen molar-refractivity contribution in [1.29, 1.82) is 0 Å². The minimum Gasteiger partial charge on any atom is -0.481 e. The van der Waals surface area contributed by atoms with Crippen molar-refractivity contribution in [1.82, 2.24) is 0 Å². The summed E-state index contributed by atoms with van der Waals surface area (Å²) in [5.74, 6) is -1.05. The predicted octanol–water partition coefficient (Wildman–Crippen LogP) is 2.12. The molecule has 0 radical (unpaired) electrons. The lowest BCUT2D eigenvalue weighted by atomic mass is 9.82. The number of rotatable bonds is 3. The molecule has 16 heavy (non-hydrogen) atoms. The molecule has 1 unspecified atom stereocenters. The zero-order valence-electron chi connectivity index (χ0n) is 9.56. The number of hydrogen-bond acceptors (Lipinski definition) is 2. The van der Waals surface area contributed by atoms with E-state index in [1.807, 2.05) is 32.0 Å². The van der Waals surface area contributed by atoms with Crippen LogP contribution in [0.2, 0.25) is 0 Å². The second kappa shape index (κ2) is 4.26. The van der Waals surface area contributed by atoms with Gasteiger partial charge in [-0.3, -0.25) is 4.79 Å². The Kier molecular flexibility index (Phi) is 2.97. The fraction of sp³-hybridized carbons (Fsp3) is 0.462. The fourth-order valence-electron chi connectivity index (χ4n) is 2.21. The van der Waals surface area contributed by atoms with E-state index in [4.69, 9.17) is 4.74 Å².